The molecule has 1 atom stereocenters. The van der Waals surface area contributed by atoms with Crippen molar-refractivity contribution in [3.8, 4) is 11.5 Å². The van der Waals surface area contributed by atoms with Crippen LogP contribution in [0, 0.1) is 0 Å². The SMILES string of the molecule is CCOc1cc(CNc2cc(C(=O)N[C@@H](C)c3ccccc3)cc(S(=O)(=O)NC(C)C)c2)ccc1O. The van der Waals surface area contributed by atoms with Gasteiger partial charge >= 0.3 is 0 Å². The molecule has 0 aliphatic carbocycles. The fourth-order valence-corrected chi connectivity index (χ4v) is 4.94. The molecule has 3 rings (SSSR count). The van der Waals surface area contributed by atoms with Gasteiger partial charge < -0.3 is 20.5 Å². The molecular weight excluding hydrogens is 478 g/mol. The number of phenolic OH excluding ortho intramolecular Hbond substituents is 1. The van der Waals surface area contributed by atoms with Crippen molar-refractivity contribution in [2.24, 2.45) is 0 Å². The average molecular weight is 512 g/mol. The number of carbonyl (C=O) groups excluding carboxylic acids is 1. The van der Waals surface area contributed by atoms with E-state index in [9.17, 15) is 18.3 Å². The second kappa shape index (κ2) is 11.9. The van der Waals surface area contributed by atoms with E-state index < -0.39 is 10.0 Å². The molecule has 0 unspecified atom stereocenters. The average Bonchev–Trinajstić information content (AvgIpc) is 2.84. The second-order valence-electron chi connectivity index (χ2n) is 8.72. The number of benzene rings is 3. The van der Waals surface area contributed by atoms with Gasteiger partial charge in [-0.2, -0.15) is 0 Å². The number of rotatable bonds is 11. The van der Waals surface area contributed by atoms with Crippen LogP contribution in [0.1, 0.15) is 55.2 Å². The third-order valence-corrected chi connectivity index (χ3v) is 6.98. The van der Waals surface area contributed by atoms with E-state index in [0.717, 1.165) is 11.1 Å². The first-order valence-corrected chi connectivity index (χ1v) is 13.3. The van der Waals surface area contributed by atoms with Crippen LogP contribution in [0.15, 0.2) is 71.6 Å². The third kappa shape index (κ3) is 7.22. The molecule has 0 bridgehead atoms. The number of nitrogens with one attached hydrogen (secondary N) is 3. The Labute approximate surface area is 212 Å². The number of ether oxygens (including phenoxy) is 1. The van der Waals surface area contributed by atoms with Crippen molar-refractivity contribution in [2.45, 2.75) is 51.2 Å². The molecule has 36 heavy (non-hydrogen) atoms. The van der Waals surface area contributed by atoms with Gasteiger partial charge in [0.2, 0.25) is 10.0 Å². The number of aromatic hydroxyl groups is 1. The van der Waals surface area contributed by atoms with Crippen LogP contribution in [-0.4, -0.2) is 32.1 Å². The summed E-state index contributed by atoms with van der Waals surface area (Å²) in [7, 11) is -3.84. The number of hydrogen-bond acceptors (Lipinski definition) is 6. The molecule has 0 aliphatic heterocycles. The van der Waals surface area contributed by atoms with Gasteiger partial charge in [-0.25, -0.2) is 13.1 Å². The van der Waals surface area contributed by atoms with Gasteiger partial charge in [0.15, 0.2) is 11.5 Å². The molecular formula is C27H33N3O5S. The first kappa shape index (κ1) is 27.0. The van der Waals surface area contributed by atoms with Gasteiger partial charge in [0.25, 0.3) is 5.91 Å². The Balaban J connectivity index is 1.89. The summed E-state index contributed by atoms with van der Waals surface area (Å²) < 4.78 is 33.9. The number of sulfonamides is 1. The van der Waals surface area contributed by atoms with Crippen LogP contribution in [0.5, 0.6) is 11.5 Å². The Morgan fingerprint density at radius 1 is 1.00 bits per heavy atom. The van der Waals surface area contributed by atoms with E-state index in [0.29, 0.717) is 24.6 Å². The zero-order chi connectivity index (χ0) is 26.3. The van der Waals surface area contributed by atoms with Gasteiger partial charge in [-0.3, -0.25) is 4.79 Å². The monoisotopic (exact) mass is 511 g/mol. The smallest absolute Gasteiger partial charge is 0.251 e. The topological polar surface area (TPSA) is 117 Å². The van der Waals surface area contributed by atoms with E-state index >= 15 is 0 Å². The molecule has 0 aromatic heterocycles. The highest BCUT2D eigenvalue weighted by Crippen LogP contribution is 2.28. The van der Waals surface area contributed by atoms with E-state index in [-0.39, 0.29) is 34.2 Å². The Morgan fingerprint density at radius 2 is 1.72 bits per heavy atom. The largest absolute Gasteiger partial charge is 0.504 e. The van der Waals surface area contributed by atoms with Crippen molar-refractivity contribution in [1.29, 1.82) is 0 Å². The molecule has 4 N–H and O–H groups in total. The van der Waals surface area contributed by atoms with Crippen molar-refractivity contribution in [3.63, 3.8) is 0 Å². The quantitative estimate of drug-likeness (QED) is 0.299. The molecule has 0 spiro atoms. The minimum absolute atomic E-state index is 0.0144. The number of carbonyl (C=O) groups is 1. The van der Waals surface area contributed by atoms with Crippen molar-refractivity contribution < 1.29 is 23.1 Å². The van der Waals surface area contributed by atoms with Gasteiger partial charge in [0.1, 0.15) is 0 Å². The maximum Gasteiger partial charge on any atom is 0.251 e. The van der Waals surface area contributed by atoms with E-state index in [1.807, 2.05) is 44.2 Å². The molecule has 0 radical (unpaired) electrons. The minimum Gasteiger partial charge on any atom is -0.504 e. The Kier molecular flexibility index (Phi) is 8.95. The highest BCUT2D eigenvalue weighted by molar-refractivity contribution is 7.89. The number of phenols is 1. The maximum atomic E-state index is 13.1. The predicted molar refractivity (Wildman–Crippen MR) is 141 cm³/mol. The van der Waals surface area contributed by atoms with Crippen LogP contribution in [0.3, 0.4) is 0 Å². The lowest BCUT2D eigenvalue weighted by Crippen LogP contribution is -2.31. The third-order valence-electron chi connectivity index (χ3n) is 5.34. The minimum atomic E-state index is -3.84. The highest BCUT2D eigenvalue weighted by atomic mass is 32.2. The highest BCUT2D eigenvalue weighted by Gasteiger charge is 2.20. The first-order chi connectivity index (χ1) is 17.1. The van der Waals surface area contributed by atoms with Crippen LogP contribution in [-0.2, 0) is 16.6 Å². The molecule has 3 aromatic rings. The van der Waals surface area contributed by atoms with E-state index in [2.05, 4.69) is 15.4 Å². The normalized spacial score (nSPS) is 12.2. The lowest BCUT2D eigenvalue weighted by Gasteiger charge is -2.17. The van der Waals surface area contributed by atoms with E-state index in [4.69, 9.17) is 4.74 Å². The summed E-state index contributed by atoms with van der Waals surface area (Å²) in [5.74, 6) is 0.0171. The van der Waals surface area contributed by atoms with Crippen LogP contribution in [0.25, 0.3) is 0 Å². The van der Waals surface area contributed by atoms with Crippen molar-refractivity contribution >= 4 is 21.6 Å². The van der Waals surface area contributed by atoms with Crippen LogP contribution < -0.4 is 20.1 Å². The lowest BCUT2D eigenvalue weighted by atomic mass is 10.1. The Bertz CT molecular complexity index is 1290. The molecule has 8 nitrogen and oxygen atoms in total. The molecule has 192 valence electrons. The zero-order valence-electron chi connectivity index (χ0n) is 20.9. The summed E-state index contributed by atoms with van der Waals surface area (Å²) in [5, 5.41) is 16.1. The molecule has 0 fully saturated rings. The van der Waals surface area contributed by atoms with Gasteiger partial charge in [-0.05, 0) is 69.2 Å². The summed E-state index contributed by atoms with van der Waals surface area (Å²) >= 11 is 0. The molecule has 3 aromatic carbocycles. The summed E-state index contributed by atoms with van der Waals surface area (Å²) in [4.78, 5) is 13.1. The van der Waals surface area contributed by atoms with Crippen LogP contribution >= 0.6 is 0 Å². The summed E-state index contributed by atoms with van der Waals surface area (Å²) in [6, 6.07) is 18.4. The first-order valence-electron chi connectivity index (χ1n) is 11.8. The van der Waals surface area contributed by atoms with Gasteiger partial charge in [-0.1, -0.05) is 36.4 Å². The summed E-state index contributed by atoms with van der Waals surface area (Å²) in [5.41, 5.74) is 2.43. The van der Waals surface area contributed by atoms with Gasteiger partial charge in [0, 0.05) is 23.8 Å². The standard InChI is InChI=1S/C27H33N3O5S/c1-5-35-26-13-20(11-12-25(26)31)17-28-23-14-22(15-24(16-23)36(33,34)30-18(2)3)27(32)29-19(4)21-9-7-6-8-10-21/h6-16,18-19,28,30-31H,5,17H2,1-4H3,(H,29,32)/t19-/m0/s1. The van der Waals surface area contributed by atoms with Gasteiger partial charge in [0.05, 0.1) is 17.5 Å². The van der Waals surface area contributed by atoms with E-state index in [1.165, 1.54) is 12.1 Å². The molecule has 9 heteroatoms. The molecule has 0 saturated heterocycles. The summed E-state index contributed by atoms with van der Waals surface area (Å²) in [6.45, 7) is 7.89. The van der Waals surface area contributed by atoms with Crippen molar-refractivity contribution in [2.75, 3.05) is 11.9 Å². The lowest BCUT2D eigenvalue weighted by molar-refractivity contribution is 0.0939. The van der Waals surface area contributed by atoms with Crippen LogP contribution in [0.2, 0.25) is 0 Å². The second-order valence-corrected chi connectivity index (χ2v) is 10.4. The predicted octanol–water partition coefficient (Wildman–Crippen LogP) is 4.58. The Hall–Kier alpha value is -3.56. The van der Waals surface area contributed by atoms with Gasteiger partial charge in [-0.15, -0.1) is 0 Å². The zero-order valence-corrected chi connectivity index (χ0v) is 21.7. The fraction of sp³-hybridized carbons (Fsp3) is 0.296. The molecule has 0 aliphatic rings. The maximum absolute atomic E-state index is 13.1. The molecule has 1 amide bonds. The summed E-state index contributed by atoms with van der Waals surface area (Å²) in [6.07, 6.45) is 0. The van der Waals surface area contributed by atoms with Crippen LogP contribution in [0.4, 0.5) is 5.69 Å². The number of hydrogen-bond donors (Lipinski definition) is 4. The fourth-order valence-electron chi connectivity index (χ4n) is 3.61. The number of amides is 1. The number of anilines is 1. The van der Waals surface area contributed by atoms with E-state index in [1.54, 1.807) is 38.1 Å². The molecule has 0 heterocycles. The van der Waals surface area contributed by atoms with Crippen molar-refractivity contribution in [1.82, 2.24) is 10.0 Å². The molecule has 0 saturated carbocycles. The van der Waals surface area contributed by atoms with Crippen molar-refractivity contribution in [3.05, 3.63) is 83.4 Å². The Morgan fingerprint density at radius 3 is 2.39 bits per heavy atom.